The first-order valence-corrected chi connectivity index (χ1v) is 5.38. The zero-order valence-electron chi connectivity index (χ0n) is 9.52. The minimum absolute atomic E-state index is 0.214. The van der Waals surface area contributed by atoms with Crippen LogP contribution in [-0.2, 0) is 4.79 Å². The second-order valence-electron chi connectivity index (χ2n) is 3.68. The summed E-state index contributed by atoms with van der Waals surface area (Å²) in [5, 5.41) is 0. The average Bonchev–Trinajstić information content (AvgIpc) is 2.25. The molecule has 0 unspecified atom stereocenters. The quantitative estimate of drug-likeness (QED) is 0.744. The number of amides is 1. The molecule has 1 aromatic rings. The van der Waals surface area contributed by atoms with Crippen molar-refractivity contribution in [1.29, 1.82) is 0 Å². The minimum Gasteiger partial charge on any atom is -0.384 e. The van der Waals surface area contributed by atoms with Crippen molar-refractivity contribution in [2.45, 2.75) is 19.8 Å². The molecule has 0 atom stereocenters. The van der Waals surface area contributed by atoms with E-state index < -0.39 is 0 Å². The van der Waals surface area contributed by atoms with Crippen LogP contribution in [0, 0.1) is 0 Å². The lowest BCUT2D eigenvalue weighted by Gasteiger charge is -2.22. The molecule has 1 heterocycles. The Morgan fingerprint density at radius 3 is 2.75 bits per heavy atom. The van der Waals surface area contributed by atoms with Gasteiger partial charge in [-0.2, -0.15) is 0 Å². The third-order valence-electron chi connectivity index (χ3n) is 2.26. The largest absolute Gasteiger partial charge is 0.384 e. The molecule has 16 heavy (non-hydrogen) atoms. The van der Waals surface area contributed by atoms with Crippen LogP contribution in [0.1, 0.15) is 19.8 Å². The number of nitrogens with two attached hydrogens (primary N) is 2. The van der Waals surface area contributed by atoms with Crippen LogP contribution in [0.2, 0.25) is 0 Å². The molecule has 0 aromatic carbocycles. The summed E-state index contributed by atoms with van der Waals surface area (Å²) in [6.45, 7) is 3.11. The summed E-state index contributed by atoms with van der Waals surface area (Å²) in [6, 6.07) is 3.57. The van der Waals surface area contributed by atoms with Crippen LogP contribution in [0.5, 0.6) is 0 Å². The molecule has 5 nitrogen and oxygen atoms in total. The van der Waals surface area contributed by atoms with Gasteiger partial charge >= 0.3 is 0 Å². The summed E-state index contributed by atoms with van der Waals surface area (Å²) in [7, 11) is 0. The SMILES string of the molecule is CCCCN(CC(N)=O)c1ccc(N)nc1. The topological polar surface area (TPSA) is 85.2 Å². The van der Waals surface area contributed by atoms with Gasteiger partial charge in [0.15, 0.2) is 0 Å². The smallest absolute Gasteiger partial charge is 0.236 e. The zero-order chi connectivity index (χ0) is 12.0. The number of rotatable bonds is 6. The zero-order valence-corrected chi connectivity index (χ0v) is 9.52. The van der Waals surface area contributed by atoms with E-state index in [2.05, 4.69) is 11.9 Å². The molecule has 1 rings (SSSR count). The Balaban J connectivity index is 2.74. The van der Waals surface area contributed by atoms with E-state index in [4.69, 9.17) is 11.5 Å². The predicted molar refractivity (Wildman–Crippen MR) is 65.0 cm³/mol. The van der Waals surface area contributed by atoms with Crippen molar-refractivity contribution in [3.63, 3.8) is 0 Å². The lowest BCUT2D eigenvalue weighted by molar-refractivity contribution is -0.116. The third kappa shape index (κ3) is 3.76. The number of anilines is 2. The van der Waals surface area contributed by atoms with Gasteiger partial charge < -0.3 is 16.4 Å². The van der Waals surface area contributed by atoms with Gasteiger partial charge in [0.25, 0.3) is 0 Å². The molecule has 4 N–H and O–H groups in total. The number of primary amides is 1. The number of hydrogen-bond donors (Lipinski definition) is 2. The molecule has 0 saturated heterocycles. The van der Waals surface area contributed by atoms with Crippen LogP contribution in [0.15, 0.2) is 18.3 Å². The lowest BCUT2D eigenvalue weighted by Crippen LogP contribution is -2.34. The van der Waals surface area contributed by atoms with Crippen LogP contribution < -0.4 is 16.4 Å². The first-order valence-electron chi connectivity index (χ1n) is 5.38. The normalized spacial score (nSPS) is 10.1. The van der Waals surface area contributed by atoms with Gasteiger partial charge in [-0.25, -0.2) is 4.98 Å². The van der Waals surface area contributed by atoms with Crippen molar-refractivity contribution < 1.29 is 4.79 Å². The molecule has 0 saturated carbocycles. The number of carbonyl (C=O) groups is 1. The predicted octanol–water partition coefficient (Wildman–Crippen LogP) is 0.756. The third-order valence-corrected chi connectivity index (χ3v) is 2.26. The summed E-state index contributed by atoms with van der Waals surface area (Å²) < 4.78 is 0. The molecule has 0 fully saturated rings. The Morgan fingerprint density at radius 2 is 2.25 bits per heavy atom. The summed E-state index contributed by atoms with van der Waals surface area (Å²) in [4.78, 5) is 16.9. The highest BCUT2D eigenvalue weighted by Gasteiger charge is 2.08. The molecule has 1 aromatic heterocycles. The highest BCUT2D eigenvalue weighted by Crippen LogP contribution is 2.14. The van der Waals surface area contributed by atoms with E-state index in [-0.39, 0.29) is 12.5 Å². The van der Waals surface area contributed by atoms with Crippen molar-refractivity contribution in [2.24, 2.45) is 5.73 Å². The molecule has 0 aliphatic rings. The van der Waals surface area contributed by atoms with E-state index in [1.54, 1.807) is 12.3 Å². The van der Waals surface area contributed by atoms with Gasteiger partial charge in [0.1, 0.15) is 5.82 Å². The van der Waals surface area contributed by atoms with Crippen molar-refractivity contribution in [1.82, 2.24) is 4.98 Å². The maximum atomic E-state index is 10.9. The summed E-state index contributed by atoms with van der Waals surface area (Å²) in [5.74, 6) is 0.131. The summed E-state index contributed by atoms with van der Waals surface area (Å²) in [6.07, 6.45) is 3.74. The molecular formula is C11H18N4O. The number of nitrogen functional groups attached to an aromatic ring is 1. The first-order chi connectivity index (χ1) is 7.63. The molecule has 1 amide bonds. The maximum Gasteiger partial charge on any atom is 0.236 e. The Kier molecular flexibility index (Phi) is 4.57. The monoisotopic (exact) mass is 222 g/mol. The number of unbranched alkanes of at least 4 members (excludes halogenated alkanes) is 1. The van der Waals surface area contributed by atoms with E-state index in [1.807, 2.05) is 11.0 Å². The summed E-state index contributed by atoms with van der Waals surface area (Å²) >= 11 is 0. The van der Waals surface area contributed by atoms with Gasteiger partial charge in [0.2, 0.25) is 5.91 Å². The Hall–Kier alpha value is -1.78. The number of pyridine rings is 1. The Bertz CT molecular complexity index is 336. The van der Waals surface area contributed by atoms with Crippen LogP contribution in [-0.4, -0.2) is 24.0 Å². The van der Waals surface area contributed by atoms with Gasteiger partial charge in [-0.05, 0) is 18.6 Å². The number of carbonyl (C=O) groups excluding carboxylic acids is 1. The number of nitrogens with zero attached hydrogens (tertiary/aromatic N) is 2. The standard InChI is InChI=1S/C11H18N4O/c1-2-3-6-15(8-11(13)16)9-4-5-10(12)14-7-9/h4-5,7H,2-3,6,8H2,1H3,(H2,12,14)(H2,13,16). The highest BCUT2D eigenvalue weighted by atomic mass is 16.1. The molecule has 0 aliphatic carbocycles. The molecular weight excluding hydrogens is 204 g/mol. The summed E-state index contributed by atoms with van der Waals surface area (Å²) in [5.41, 5.74) is 11.6. The Morgan fingerprint density at radius 1 is 1.50 bits per heavy atom. The molecule has 88 valence electrons. The van der Waals surface area contributed by atoms with Crippen LogP contribution in [0.3, 0.4) is 0 Å². The van der Waals surface area contributed by atoms with E-state index in [1.165, 1.54) is 0 Å². The van der Waals surface area contributed by atoms with E-state index in [0.29, 0.717) is 5.82 Å². The molecule has 5 heteroatoms. The second kappa shape index (κ2) is 5.95. The van der Waals surface area contributed by atoms with Gasteiger partial charge in [0.05, 0.1) is 18.4 Å². The van der Waals surface area contributed by atoms with Gasteiger partial charge in [-0.15, -0.1) is 0 Å². The van der Waals surface area contributed by atoms with Crippen molar-refractivity contribution >= 4 is 17.4 Å². The average molecular weight is 222 g/mol. The fraction of sp³-hybridized carbons (Fsp3) is 0.455. The van der Waals surface area contributed by atoms with Crippen molar-refractivity contribution in [3.05, 3.63) is 18.3 Å². The highest BCUT2D eigenvalue weighted by molar-refractivity contribution is 5.79. The van der Waals surface area contributed by atoms with Crippen LogP contribution in [0.25, 0.3) is 0 Å². The second-order valence-corrected chi connectivity index (χ2v) is 3.68. The minimum atomic E-state index is -0.340. The number of aromatic nitrogens is 1. The van der Waals surface area contributed by atoms with Gasteiger partial charge in [-0.1, -0.05) is 13.3 Å². The van der Waals surface area contributed by atoms with Crippen molar-refractivity contribution in [3.8, 4) is 0 Å². The molecule has 0 aliphatic heterocycles. The molecule has 0 bridgehead atoms. The van der Waals surface area contributed by atoms with E-state index in [0.717, 1.165) is 25.1 Å². The van der Waals surface area contributed by atoms with E-state index >= 15 is 0 Å². The maximum absolute atomic E-state index is 10.9. The van der Waals surface area contributed by atoms with Crippen LogP contribution >= 0.6 is 0 Å². The first kappa shape index (κ1) is 12.3. The van der Waals surface area contributed by atoms with Crippen molar-refractivity contribution in [2.75, 3.05) is 23.7 Å². The molecule has 0 radical (unpaired) electrons. The van der Waals surface area contributed by atoms with Gasteiger partial charge in [0, 0.05) is 6.54 Å². The van der Waals surface area contributed by atoms with Gasteiger partial charge in [-0.3, -0.25) is 4.79 Å². The number of hydrogen-bond acceptors (Lipinski definition) is 4. The lowest BCUT2D eigenvalue weighted by atomic mass is 10.2. The fourth-order valence-corrected chi connectivity index (χ4v) is 1.42. The fourth-order valence-electron chi connectivity index (χ4n) is 1.42. The van der Waals surface area contributed by atoms with E-state index in [9.17, 15) is 4.79 Å². The van der Waals surface area contributed by atoms with Crippen LogP contribution in [0.4, 0.5) is 11.5 Å². The Labute approximate surface area is 95.4 Å². The molecule has 0 spiro atoms.